The molecule has 0 aliphatic carbocycles. The number of thiol groups is 1. The van der Waals surface area contributed by atoms with Crippen LogP contribution in [0.1, 0.15) is 28.9 Å². The zero-order valence-corrected chi connectivity index (χ0v) is 13.3. The molecular formula is C16H15ClFNOS. The Labute approximate surface area is 133 Å². The normalized spacial score (nSPS) is 12.0. The second-order valence-corrected chi connectivity index (χ2v) is 5.73. The second-order valence-electron chi connectivity index (χ2n) is 4.81. The minimum Gasteiger partial charge on any atom is -0.335 e. The summed E-state index contributed by atoms with van der Waals surface area (Å²) in [5.74, 6) is -0.641. The predicted molar refractivity (Wildman–Crippen MR) is 85.6 cm³/mol. The number of amides is 1. The van der Waals surface area contributed by atoms with Crippen LogP contribution in [0.25, 0.3) is 0 Å². The van der Waals surface area contributed by atoms with Crippen molar-refractivity contribution >= 4 is 30.1 Å². The summed E-state index contributed by atoms with van der Waals surface area (Å²) >= 11 is 9.98. The van der Waals surface area contributed by atoms with E-state index in [0.717, 1.165) is 5.56 Å². The number of benzene rings is 2. The Balaban J connectivity index is 2.24. The molecule has 0 fully saturated rings. The number of carbonyl (C=O) groups is 1. The van der Waals surface area contributed by atoms with E-state index in [4.69, 9.17) is 11.6 Å². The molecule has 2 aromatic carbocycles. The fourth-order valence-electron chi connectivity index (χ4n) is 2.02. The second kappa shape index (κ2) is 6.50. The summed E-state index contributed by atoms with van der Waals surface area (Å²) in [6.45, 7) is 1.91. The van der Waals surface area contributed by atoms with Crippen LogP contribution in [-0.4, -0.2) is 17.9 Å². The van der Waals surface area contributed by atoms with Gasteiger partial charge in [0.2, 0.25) is 0 Å². The van der Waals surface area contributed by atoms with Crippen LogP contribution in [0.3, 0.4) is 0 Å². The lowest BCUT2D eigenvalue weighted by Crippen LogP contribution is -2.29. The van der Waals surface area contributed by atoms with Crippen molar-refractivity contribution in [1.29, 1.82) is 0 Å². The highest BCUT2D eigenvalue weighted by Gasteiger charge is 2.19. The third-order valence-corrected chi connectivity index (χ3v) is 4.00. The van der Waals surface area contributed by atoms with Crippen LogP contribution in [0.15, 0.2) is 47.4 Å². The molecule has 2 nitrogen and oxygen atoms in total. The Hall–Kier alpha value is -1.52. The molecule has 0 radical (unpaired) electrons. The Morgan fingerprint density at radius 3 is 2.62 bits per heavy atom. The lowest BCUT2D eigenvalue weighted by Gasteiger charge is -2.25. The van der Waals surface area contributed by atoms with Crippen LogP contribution in [-0.2, 0) is 0 Å². The maximum Gasteiger partial charge on any atom is 0.254 e. The molecule has 5 heteroatoms. The fourth-order valence-corrected chi connectivity index (χ4v) is 2.43. The molecule has 110 valence electrons. The first-order chi connectivity index (χ1) is 9.90. The lowest BCUT2D eigenvalue weighted by molar-refractivity contribution is 0.0742. The summed E-state index contributed by atoms with van der Waals surface area (Å²) in [6, 6.07) is 11.3. The van der Waals surface area contributed by atoms with Crippen LogP contribution >= 0.6 is 24.2 Å². The highest BCUT2D eigenvalue weighted by molar-refractivity contribution is 7.80. The maximum atomic E-state index is 13.2. The van der Waals surface area contributed by atoms with Crippen molar-refractivity contribution in [1.82, 2.24) is 4.90 Å². The van der Waals surface area contributed by atoms with Crippen molar-refractivity contribution in [3.05, 3.63) is 64.4 Å². The Morgan fingerprint density at radius 2 is 2.00 bits per heavy atom. The molecule has 0 saturated carbocycles. The van der Waals surface area contributed by atoms with E-state index in [1.54, 1.807) is 18.0 Å². The van der Waals surface area contributed by atoms with Gasteiger partial charge in [-0.05, 0) is 42.8 Å². The molecule has 2 rings (SSSR count). The van der Waals surface area contributed by atoms with Crippen molar-refractivity contribution < 1.29 is 9.18 Å². The molecule has 0 aromatic heterocycles. The average molecular weight is 324 g/mol. The van der Waals surface area contributed by atoms with E-state index in [0.29, 0.717) is 10.6 Å². The molecular weight excluding hydrogens is 309 g/mol. The smallest absolute Gasteiger partial charge is 0.254 e. The third kappa shape index (κ3) is 3.57. The minimum atomic E-state index is -0.444. The Bertz CT molecular complexity index is 677. The van der Waals surface area contributed by atoms with Gasteiger partial charge in [0.15, 0.2) is 0 Å². The number of hydrogen-bond donors (Lipinski definition) is 1. The molecule has 1 atom stereocenters. The average Bonchev–Trinajstić information content (AvgIpc) is 2.47. The highest BCUT2D eigenvalue weighted by Crippen LogP contribution is 2.24. The standard InChI is InChI=1S/C16H15ClFNOS/c1-10(11-4-3-5-13(17)8-11)19(2)16(20)12-6-7-14(18)15(21)9-12/h3-10,21H,1-2H3. The van der Waals surface area contributed by atoms with Crippen molar-refractivity contribution in [3.8, 4) is 0 Å². The molecule has 0 aliphatic rings. The molecule has 0 spiro atoms. The summed E-state index contributed by atoms with van der Waals surface area (Å²) in [7, 11) is 1.70. The SMILES string of the molecule is CC(c1cccc(Cl)c1)N(C)C(=O)c1ccc(F)c(S)c1. The zero-order chi connectivity index (χ0) is 15.6. The minimum absolute atomic E-state index is 0.148. The van der Waals surface area contributed by atoms with Crippen LogP contribution in [0.5, 0.6) is 0 Å². The van der Waals surface area contributed by atoms with Crippen LogP contribution in [0.2, 0.25) is 5.02 Å². The largest absolute Gasteiger partial charge is 0.335 e. The van der Waals surface area contributed by atoms with E-state index in [1.807, 2.05) is 25.1 Å². The van der Waals surface area contributed by atoms with Gasteiger partial charge in [0, 0.05) is 22.5 Å². The first-order valence-electron chi connectivity index (χ1n) is 6.41. The highest BCUT2D eigenvalue weighted by atomic mass is 35.5. The van der Waals surface area contributed by atoms with Gasteiger partial charge in [-0.25, -0.2) is 4.39 Å². The van der Waals surface area contributed by atoms with Crippen molar-refractivity contribution in [2.45, 2.75) is 17.9 Å². The Kier molecular flexibility index (Phi) is 4.91. The first kappa shape index (κ1) is 15.9. The summed E-state index contributed by atoms with van der Waals surface area (Å²) in [5.41, 5.74) is 1.34. The van der Waals surface area contributed by atoms with Gasteiger partial charge in [-0.1, -0.05) is 23.7 Å². The number of rotatable bonds is 3. The van der Waals surface area contributed by atoms with E-state index in [1.165, 1.54) is 18.2 Å². The molecule has 0 aliphatic heterocycles. The van der Waals surface area contributed by atoms with E-state index in [2.05, 4.69) is 12.6 Å². The molecule has 0 saturated heterocycles. The van der Waals surface area contributed by atoms with Gasteiger partial charge in [-0.2, -0.15) is 0 Å². The van der Waals surface area contributed by atoms with Crippen LogP contribution < -0.4 is 0 Å². The van der Waals surface area contributed by atoms with Gasteiger partial charge in [0.05, 0.1) is 6.04 Å². The van der Waals surface area contributed by atoms with Gasteiger partial charge in [-0.15, -0.1) is 12.6 Å². The summed E-state index contributed by atoms with van der Waals surface area (Å²) in [4.78, 5) is 14.2. The van der Waals surface area contributed by atoms with E-state index < -0.39 is 5.82 Å². The summed E-state index contributed by atoms with van der Waals surface area (Å²) < 4.78 is 13.2. The van der Waals surface area contributed by atoms with E-state index in [-0.39, 0.29) is 16.8 Å². The Morgan fingerprint density at radius 1 is 1.29 bits per heavy atom. The first-order valence-corrected chi connectivity index (χ1v) is 7.24. The summed E-state index contributed by atoms with van der Waals surface area (Å²) in [6.07, 6.45) is 0. The van der Waals surface area contributed by atoms with E-state index >= 15 is 0 Å². The fraction of sp³-hybridized carbons (Fsp3) is 0.188. The van der Waals surface area contributed by atoms with Gasteiger partial charge in [0.25, 0.3) is 5.91 Å². The van der Waals surface area contributed by atoms with Gasteiger partial charge in [-0.3, -0.25) is 4.79 Å². The monoisotopic (exact) mass is 323 g/mol. The molecule has 1 amide bonds. The lowest BCUT2D eigenvalue weighted by atomic mass is 10.1. The number of hydrogen-bond acceptors (Lipinski definition) is 2. The number of carbonyl (C=O) groups excluding carboxylic acids is 1. The van der Waals surface area contributed by atoms with Crippen LogP contribution in [0, 0.1) is 5.82 Å². The quantitative estimate of drug-likeness (QED) is 0.818. The molecule has 0 bridgehead atoms. The number of nitrogens with zero attached hydrogens (tertiary/aromatic N) is 1. The van der Waals surface area contributed by atoms with Gasteiger partial charge in [0.1, 0.15) is 5.82 Å². The molecule has 0 heterocycles. The van der Waals surface area contributed by atoms with Crippen LogP contribution in [0.4, 0.5) is 4.39 Å². The van der Waals surface area contributed by atoms with E-state index in [9.17, 15) is 9.18 Å². The van der Waals surface area contributed by atoms with Crippen molar-refractivity contribution in [3.63, 3.8) is 0 Å². The van der Waals surface area contributed by atoms with Crippen molar-refractivity contribution in [2.24, 2.45) is 0 Å². The molecule has 0 N–H and O–H groups in total. The predicted octanol–water partition coefficient (Wildman–Crippen LogP) is 4.60. The molecule has 21 heavy (non-hydrogen) atoms. The third-order valence-electron chi connectivity index (χ3n) is 3.43. The zero-order valence-electron chi connectivity index (χ0n) is 11.7. The van der Waals surface area contributed by atoms with Gasteiger partial charge < -0.3 is 4.90 Å². The number of halogens is 2. The summed E-state index contributed by atoms with van der Waals surface area (Å²) in [5, 5.41) is 0.625. The van der Waals surface area contributed by atoms with Crippen molar-refractivity contribution in [2.75, 3.05) is 7.05 Å². The maximum absolute atomic E-state index is 13.2. The molecule has 1 unspecified atom stereocenters. The van der Waals surface area contributed by atoms with Gasteiger partial charge >= 0.3 is 0 Å². The topological polar surface area (TPSA) is 20.3 Å². The molecule has 2 aromatic rings.